The second kappa shape index (κ2) is 11.0. The van der Waals surface area contributed by atoms with Gasteiger partial charge in [0.25, 0.3) is 0 Å². The van der Waals surface area contributed by atoms with Crippen LogP contribution in [-0.4, -0.2) is 22.1 Å². The molecule has 3 aromatic rings. The van der Waals surface area contributed by atoms with E-state index < -0.39 is 5.54 Å². The Hall–Kier alpha value is -2.30. The van der Waals surface area contributed by atoms with Crippen LogP contribution in [0.15, 0.2) is 79.0 Å². The summed E-state index contributed by atoms with van der Waals surface area (Å²) in [6.45, 7) is 2.35. The Morgan fingerprint density at radius 2 is 1.71 bits per heavy atom. The van der Waals surface area contributed by atoms with Gasteiger partial charge in [0, 0.05) is 22.7 Å². The number of benzene rings is 3. The third-order valence-corrected chi connectivity index (χ3v) is 6.75. The molecule has 0 saturated heterocycles. The van der Waals surface area contributed by atoms with Gasteiger partial charge in [-0.3, -0.25) is 9.59 Å². The second-order valence-electron chi connectivity index (χ2n) is 8.08. The largest absolute Gasteiger partial charge is 2.00 e. The molecular formula is C26H21Cl3N2NiO2+2. The molecule has 0 aliphatic carbocycles. The van der Waals surface area contributed by atoms with Crippen molar-refractivity contribution in [1.29, 1.82) is 0 Å². The van der Waals surface area contributed by atoms with E-state index in [2.05, 4.69) is 5.32 Å². The zero-order valence-corrected chi connectivity index (χ0v) is 21.4. The number of carbonyl (C=O) groups excluding carboxylic acids is 2. The summed E-state index contributed by atoms with van der Waals surface area (Å²) in [6, 6.07) is 19.2. The number of anilines is 1. The first-order valence-electron chi connectivity index (χ1n) is 10.4. The van der Waals surface area contributed by atoms with Crippen LogP contribution < -0.4 is 5.32 Å². The molecule has 1 heterocycles. The van der Waals surface area contributed by atoms with Gasteiger partial charge < -0.3 is 10.2 Å². The molecule has 1 N–H and O–H groups in total. The van der Waals surface area contributed by atoms with E-state index in [9.17, 15) is 9.59 Å². The monoisotopic (exact) mass is 556 g/mol. The first-order valence-corrected chi connectivity index (χ1v) is 11.5. The van der Waals surface area contributed by atoms with Crippen molar-refractivity contribution >= 4 is 52.2 Å². The molecule has 3 aromatic carbocycles. The summed E-state index contributed by atoms with van der Waals surface area (Å²) in [7, 11) is 0. The van der Waals surface area contributed by atoms with Crippen LogP contribution in [0.3, 0.4) is 0 Å². The molecule has 4 nitrogen and oxygen atoms in total. The van der Waals surface area contributed by atoms with Crippen LogP contribution in [0, 0.1) is 0 Å². The maximum atomic E-state index is 13.5. The van der Waals surface area contributed by atoms with Crippen molar-refractivity contribution in [2.24, 2.45) is 0 Å². The fourth-order valence-corrected chi connectivity index (χ4v) is 4.28. The second-order valence-corrected chi connectivity index (χ2v) is 9.33. The number of hydrogen-bond donors (Lipinski definition) is 1. The van der Waals surface area contributed by atoms with E-state index in [-0.39, 0.29) is 28.2 Å². The Morgan fingerprint density at radius 1 is 0.971 bits per heavy atom. The van der Waals surface area contributed by atoms with Gasteiger partial charge in [0.15, 0.2) is 5.78 Å². The van der Waals surface area contributed by atoms with Gasteiger partial charge in [-0.1, -0.05) is 77.3 Å². The van der Waals surface area contributed by atoms with Crippen molar-refractivity contribution in [3.63, 3.8) is 0 Å². The van der Waals surface area contributed by atoms with Gasteiger partial charge in [-0.05, 0) is 55.4 Å². The van der Waals surface area contributed by atoms with E-state index in [4.69, 9.17) is 34.8 Å². The topological polar surface area (TPSA) is 49.4 Å². The first kappa shape index (κ1) is 26.3. The van der Waals surface area contributed by atoms with E-state index in [0.717, 1.165) is 5.56 Å². The molecular weight excluding hydrogens is 537 g/mol. The number of amides is 1. The van der Waals surface area contributed by atoms with Gasteiger partial charge in [-0.2, -0.15) is 0 Å². The summed E-state index contributed by atoms with van der Waals surface area (Å²) < 4.78 is 0. The van der Waals surface area contributed by atoms with Gasteiger partial charge in [0.05, 0.1) is 15.7 Å². The van der Waals surface area contributed by atoms with E-state index >= 15 is 0 Å². The van der Waals surface area contributed by atoms with Crippen LogP contribution >= 0.6 is 34.8 Å². The molecule has 8 heteroatoms. The zero-order chi connectivity index (χ0) is 23.6. The van der Waals surface area contributed by atoms with Crippen LogP contribution in [0.25, 0.3) is 0 Å². The normalized spacial score (nSPS) is 16.8. The quantitative estimate of drug-likeness (QED) is 0.262. The van der Waals surface area contributed by atoms with Crippen LogP contribution in [0.5, 0.6) is 0 Å². The fraction of sp³-hybridized carbons (Fsp3) is 0.154. The van der Waals surface area contributed by atoms with Crippen molar-refractivity contribution in [2.75, 3.05) is 5.32 Å². The number of hydrogen-bond acceptors (Lipinski definition) is 3. The smallest absolute Gasteiger partial charge is 0.359 e. The Labute approximate surface area is 223 Å². The Bertz CT molecular complexity index is 1250. The van der Waals surface area contributed by atoms with Gasteiger partial charge in [0.2, 0.25) is 5.91 Å². The van der Waals surface area contributed by atoms with Crippen LogP contribution in [0.4, 0.5) is 5.69 Å². The average Bonchev–Trinajstić information content (AvgIpc) is 3.19. The van der Waals surface area contributed by atoms with Crippen LogP contribution in [0.1, 0.15) is 34.8 Å². The summed E-state index contributed by atoms with van der Waals surface area (Å²) in [5, 5.41) is 4.33. The molecule has 1 amide bonds. The predicted octanol–water partition coefficient (Wildman–Crippen LogP) is 6.99. The van der Waals surface area contributed by atoms with E-state index in [1.165, 1.54) is 0 Å². The molecule has 0 fully saturated rings. The molecule has 0 spiro atoms. The fourth-order valence-electron chi connectivity index (χ4n) is 3.79. The molecule has 1 aliphatic heterocycles. The van der Waals surface area contributed by atoms with Gasteiger partial charge >= 0.3 is 16.5 Å². The minimum Gasteiger partial charge on any atom is -0.359 e. The Morgan fingerprint density at radius 3 is 2.41 bits per heavy atom. The van der Waals surface area contributed by atoms with Crippen LogP contribution in [-0.2, 0) is 27.8 Å². The number of rotatable bonds is 6. The SMILES string of the molecule is C[C@@]1(C(=O)Nc2ccc(Cl)cc2C(=O)c2ccccc2)CC=CN1Cc1ccc(Cl)c(Cl)c1.[Ni+2]. The summed E-state index contributed by atoms with van der Waals surface area (Å²) in [4.78, 5) is 28.5. The molecule has 0 bridgehead atoms. The van der Waals surface area contributed by atoms with Gasteiger partial charge in [0.1, 0.15) is 5.54 Å². The summed E-state index contributed by atoms with van der Waals surface area (Å²) in [5.41, 5.74) is 1.36. The van der Waals surface area contributed by atoms with Crippen molar-refractivity contribution in [3.05, 3.63) is 111 Å². The van der Waals surface area contributed by atoms with Crippen molar-refractivity contribution < 1.29 is 26.1 Å². The predicted molar refractivity (Wildman–Crippen MR) is 134 cm³/mol. The number of nitrogens with zero attached hydrogens (tertiary/aromatic N) is 1. The average molecular weight is 559 g/mol. The molecule has 0 saturated carbocycles. The number of nitrogens with one attached hydrogen (secondary N) is 1. The maximum absolute atomic E-state index is 13.5. The summed E-state index contributed by atoms with van der Waals surface area (Å²) in [5.74, 6) is -0.437. The third-order valence-electron chi connectivity index (χ3n) is 5.77. The maximum Gasteiger partial charge on any atom is 2.00 e. The molecule has 0 unspecified atom stereocenters. The Kier molecular flexibility index (Phi) is 8.49. The zero-order valence-electron chi connectivity index (χ0n) is 18.1. The minimum atomic E-state index is -0.848. The Balaban J connectivity index is 0.00000324. The minimum absolute atomic E-state index is 0. The third kappa shape index (κ3) is 5.50. The molecule has 0 aromatic heterocycles. The standard InChI is InChI=1S/C26H21Cl3N2O2.Ni/c1-26(12-5-13-31(26)16-17-8-10-21(28)22(29)14-17)25(33)30-23-11-9-19(27)15-20(23)24(32)18-6-3-2-4-7-18;/h2-11,13-15H,12,16H2,1H3,(H,30,33);/q;+2/t26-;/m0./s1. The molecule has 4 rings (SSSR count). The van der Waals surface area contributed by atoms with Crippen molar-refractivity contribution in [2.45, 2.75) is 25.4 Å². The number of halogens is 3. The number of ketones is 1. The van der Waals surface area contributed by atoms with E-state index in [1.807, 2.05) is 36.2 Å². The number of carbonyl (C=O) groups is 2. The molecule has 176 valence electrons. The summed E-state index contributed by atoms with van der Waals surface area (Å²) >= 11 is 18.4. The van der Waals surface area contributed by atoms with Crippen molar-refractivity contribution in [1.82, 2.24) is 4.90 Å². The van der Waals surface area contributed by atoms with Crippen molar-refractivity contribution in [3.8, 4) is 0 Å². The van der Waals surface area contributed by atoms with E-state index in [0.29, 0.717) is 44.8 Å². The summed E-state index contributed by atoms with van der Waals surface area (Å²) in [6.07, 6.45) is 4.38. The van der Waals surface area contributed by atoms with E-state index in [1.54, 1.807) is 54.6 Å². The van der Waals surface area contributed by atoms with Gasteiger partial charge in [-0.25, -0.2) is 0 Å². The van der Waals surface area contributed by atoms with Crippen LogP contribution in [0.2, 0.25) is 15.1 Å². The molecule has 1 aliphatic rings. The molecule has 1 atom stereocenters. The van der Waals surface area contributed by atoms with Gasteiger partial charge in [-0.15, -0.1) is 0 Å². The first-order chi connectivity index (χ1) is 15.8. The molecule has 34 heavy (non-hydrogen) atoms. The molecule has 0 radical (unpaired) electrons.